The van der Waals surface area contributed by atoms with Crippen LogP contribution < -0.4 is 5.32 Å². The summed E-state index contributed by atoms with van der Waals surface area (Å²) in [6.45, 7) is 4.75. The molecule has 0 rings (SSSR count). The van der Waals surface area contributed by atoms with Gasteiger partial charge in [-0.25, -0.2) is 4.57 Å². The molecule has 0 bridgehead atoms. The van der Waals surface area contributed by atoms with E-state index in [4.69, 9.17) is 9.05 Å². The first-order valence-electron chi connectivity index (χ1n) is 19.2. The molecule has 0 saturated carbocycles. The molecule has 3 N–H and O–H groups in total. The molecule has 0 radical (unpaired) electrons. The molecule has 47 heavy (non-hydrogen) atoms. The number of phosphoric acid groups is 1. The maximum Gasteiger partial charge on any atom is 0.472 e. The number of unbranched alkanes of at least 4 members (excludes halogenated alkanes) is 19. The van der Waals surface area contributed by atoms with Crippen molar-refractivity contribution in [3.63, 3.8) is 0 Å². The van der Waals surface area contributed by atoms with Crippen LogP contribution in [0, 0.1) is 0 Å². The molecule has 1 amide bonds. The lowest BCUT2D eigenvalue weighted by atomic mass is 10.1. The second-order valence-electron chi connectivity index (χ2n) is 14.3. The SMILES string of the molecule is CCCCCCCCC/C=C\CCCCCCCC(=O)NC(COP(=O)(O)OCC[N+](C)(C)C)C(O)/C=C/CCCCCCCCC. The Labute approximate surface area is 290 Å². The summed E-state index contributed by atoms with van der Waals surface area (Å²) in [5, 5.41) is 13.7. The fraction of sp³-hybridized carbons (Fsp3) is 0.868. The van der Waals surface area contributed by atoms with Crippen LogP contribution in [0.2, 0.25) is 0 Å². The first-order chi connectivity index (χ1) is 22.5. The van der Waals surface area contributed by atoms with Crippen molar-refractivity contribution in [2.75, 3.05) is 40.9 Å². The van der Waals surface area contributed by atoms with Gasteiger partial charge in [-0.3, -0.25) is 13.8 Å². The highest BCUT2D eigenvalue weighted by molar-refractivity contribution is 7.47. The molecule has 0 aliphatic heterocycles. The normalized spacial score (nSPS) is 15.0. The van der Waals surface area contributed by atoms with Crippen molar-refractivity contribution in [1.29, 1.82) is 0 Å². The predicted octanol–water partition coefficient (Wildman–Crippen LogP) is 9.80. The highest BCUT2D eigenvalue weighted by atomic mass is 31.2. The fourth-order valence-electron chi connectivity index (χ4n) is 5.27. The number of nitrogens with zero attached hydrogens (tertiary/aromatic N) is 1. The number of aliphatic hydroxyl groups is 1. The highest BCUT2D eigenvalue weighted by Crippen LogP contribution is 2.43. The van der Waals surface area contributed by atoms with Crippen LogP contribution in [0.25, 0.3) is 0 Å². The first-order valence-corrected chi connectivity index (χ1v) is 20.7. The Morgan fingerprint density at radius 1 is 0.702 bits per heavy atom. The van der Waals surface area contributed by atoms with Gasteiger partial charge in [0.2, 0.25) is 5.91 Å². The van der Waals surface area contributed by atoms with Crippen molar-refractivity contribution < 1.29 is 32.9 Å². The van der Waals surface area contributed by atoms with Crippen molar-refractivity contribution in [1.82, 2.24) is 5.32 Å². The molecule has 3 unspecified atom stereocenters. The number of likely N-dealkylation sites (N-methyl/N-ethyl adjacent to an activating group) is 1. The lowest BCUT2D eigenvalue weighted by Gasteiger charge is -2.25. The summed E-state index contributed by atoms with van der Waals surface area (Å²) in [7, 11) is 1.56. The van der Waals surface area contributed by atoms with Crippen LogP contribution in [-0.2, 0) is 18.4 Å². The highest BCUT2D eigenvalue weighted by Gasteiger charge is 2.27. The number of nitrogens with one attached hydrogen (secondary N) is 1. The molecule has 8 nitrogen and oxygen atoms in total. The third-order valence-corrected chi connectivity index (χ3v) is 9.40. The number of quaternary nitrogens is 1. The first kappa shape index (κ1) is 46.0. The second kappa shape index (κ2) is 31.0. The number of hydrogen-bond donors (Lipinski definition) is 3. The van der Waals surface area contributed by atoms with Crippen LogP contribution in [0.4, 0.5) is 0 Å². The molecule has 3 atom stereocenters. The van der Waals surface area contributed by atoms with Crippen LogP contribution in [0.15, 0.2) is 24.3 Å². The smallest absolute Gasteiger partial charge is 0.387 e. The Kier molecular flexibility index (Phi) is 30.3. The quantitative estimate of drug-likeness (QED) is 0.0269. The Balaban J connectivity index is 4.47. The third kappa shape index (κ3) is 33.3. The molecular weight excluding hydrogens is 611 g/mol. The van der Waals surface area contributed by atoms with E-state index in [-0.39, 0.29) is 19.1 Å². The Bertz CT molecular complexity index is 829. The van der Waals surface area contributed by atoms with E-state index in [9.17, 15) is 19.4 Å². The molecule has 0 aromatic heterocycles. The summed E-state index contributed by atoms with van der Waals surface area (Å²) in [5.41, 5.74) is 0. The van der Waals surface area contributed by atoms with Gasteiger partial charge in [-0.1, -0.05) is 134 Å². The number of carbonyl (C=O) groups excluding carboxylic acids is 1. The maximum atomic E-state index is 12.8. The summed E-state index contributed by atoms with van der Waals surface area (Å²) in [6, 6.07) is -0.844. The number of amides is 1. The molecule has 0 spiro atoms. The molecule has 0 aromatic rings. The number of hydrogen-bond acceptors (Lipinski definition) is 5. The Hall–Kier alpha value is -1.02. The van der Waals surface area contributed by atoms with Gasteiger partial charge in [0.15, 0.2) is 0 Å². The zero-order valence-electron chi connectivity index (χ0n) is 31.3. The van der Waals surface area contributed by atoms with Crippen molar-refractivity contribution >= 4 is 13.7 Å². The van der Waals surface area contributed by atoms with E-state index < -0.39 is 20.0 Å². The van der Waals surface area contributed by atoms with E-state index in [2.05, 4.69) is 31.3 Å². The summed E-state index contributed by atoms with van der Waals surface area (Å²) >= 11 is 0. The van der Waals surface area contributed by atoms with Crippen molar-refractivity contribution in [3.05, 3.63) is 24.3 Å². The van der Waals surface area contributed by atoms with Crippen LogP contribution >= 0.6 is 7.82 Å². The molecule has 0 aliphatic rings. The van der Waals surface area contributed by atoms with Gasteiger partial charge in [0.05, 0.1) is 39.9 Å². The average Bonchev–Trinajstić information content (AvgIpc) is 3.01. The number of phosphoric ester groups is 1. The fourth-order valence-corrected chi connectivity index (χ4v) is 6.00. The van der Waals surface area contributed by atoms with Gasteiger partial charge in [-0.2, -0.15) is 0 Å². The van der Waals surface area contributed by atoms with E-state index in [0.717, 1.165) is 51.4 Å². The van der Waals surface area contributed by atoms with E-state index in [1.807, 2.05) is 27.2 Å². The van der Waals surface area contributed by atoms with Crippen LogP contribution in [-0.4, -0.2) is 73.4 Å². The standard InChI is InChI=1S/C38H75N2O6P/c1-6-8-10-12-14-16-17-18-19-20-21-22-24-26-28-30-32-38(42)39-36(35-46-47(43,44)45-34-33-40(3,4)5)37(41)31-29-27-25-23-15-13-11-9-7-2/h19-20,29,31,36-37,41H,6-18,21-28,30,32-35H2,1-5H3,(H-,39,42,43,44)/p+1/b20-19-,31-29+. The second-order valence-corrected chi connectivity index (χ2v) is 15.8. The summed E-state index contributed by atoms with van der Waals surface area (Å²) in [6.07, 6.45) is 33.8. The molecule has 0 aliphatic carbocycles. The largest absolute Gasteiger partial charge is 0.472 e. The molecule has 0 aromatic carbocycles. The lowest BCUT2D eigenvalue weighted by Crippen LogP contribution is -2.45. The molecule has 0 saturated heterocycles. The minimum Gasteiger partial charge on any atom is -0.387 e. The molecular formula is C38H76N2O6P+. The summed E-state index contributed by atoms with van der Waals surface area (Å²) in [4.78, 5) is 22.9. The van der Waals surface area contributed by atoms with Gasteiger partial charge in [0.1, 0.15) is 13.2 Å². The maximum absolute atomic E-state index is 12.8. The predicted molar refractivity (Wildman–Crippen MR) is 198 cm³/mol. The van der Waals surface area contributed by atoms with E-state index in [1.165, 1.54) is 89.9 Å². The lowest BCUT2D eigenvalue weighted by molar-refractivity contribution is -0.870. The zero-order chi connectivity index (χ0) is 35.1. The molecule has 9 heteroatoms. The van der Waals surface area contributed by atoms with Gasteiger partial charge in [0, 0.05) is 6.42 Å². The molecule has 0 heterocycles. The van der Waals surface area contributed by atoms with Gasteiger partial charge < -0.3 is 19.8 Å². The average molecular weight is 688 g/mol. The number of aliphatic hydroxyl groups excluding tert-OH is 1. The third-order valence-electron chi connectivity index (χ3n) is 8.42. The van der Waals surface area contributed by atoms with Gasteiger partial charge in [0.25, 0.3) is 0 Å². The Morgan fingerprint density at radius 3 is 1.64 bits per heavy atom. The number of rotatable bonds is 34. The molecule has 0 fully saturated rings. The summed E-state index contributed by atoms with van der Waals surface area (Å²) < 4.78 is 23.4. The molecule has 278 valence electrons. The number of allylic oxidation sites excluding steroid dienone is 3. The van der Waals surface area contributed by atoms with Gasteiger partial charge >= 0.3 is 7.82 Å². The van der Waals surface area contributed by atoms with Crippen LogP contribution in [0.5, 0.6) is 0 Å². The van der Waals surface area contributed by atoms with Crippen LogP contribution in [0.1, 0.15) is 162 Å². The van der Waals surface area contributed by atoms with Gasteiger partial charge in [-0.05, 0) is 44.9 Å². The van der Waals surface area contributed by atoms with Crippen molar-refractivity contribution in [2.45, 2.75) is 174 Å². The van der Waals surface area contributed by atoms with Crippen LogP contribution in [0.3, 0.4) is 0 Å². The van der Waals surface area contributed by atoms with E-state index in [1.54, 1.807) is 6.08 Å². The Morgan fingerprint density at radius 2 is 1.15 bits per heavy atom. The van der Waals surface area contributed by atoms with E-state index in [0.29, 0.717) is 17.4 Å². The zero-order valence-corrected chi connectivity index (χ0v) is 32.2. The minimum atomic E-state index is -4.32. The number of carbonyl (C=O) groups is 1. The monoisotopic (exact) mass is 688 g/mol. The summed E-state index contributed by atoms with van der Waals surface area (Å²) in [5.74, 6) is -0.190. The van der Waals surface area contributed by atoms with Gasteiger partial charge in [-0.15, -0.1) is 0 Å². The van der Waals surface area contributed by atoms with Crippen molar-refractivity contribution in [2.24, 2.45) is 0 Å². The van der Waals surface area contributed by atoms with E-state index >= 15 is 0 Å². The minimum absolute atomic E-state index is 0.0603. The van der Waals surface area contributed by atoms with Crippen molar-refractivity contribution in [3.8, 4) is 0 Å². The topological polar surface area (TPSA) is 105 Å².